The number of hydrogen-bond acceptors (Lipinski definition) is 3. The Hall–Kier alpha value is -0.380. The molecule has 1 N–H and O–H groups in total. The number of nitrogens with one attached hydrogen (secondary N) is 1. The average molecular weight is 310 g/mol. The molecule has 21 heavy (non-hydrogen) atoms. The highest BCUT2D eigenvalue weighted by atomic mass is 32.1. The summed E-state index contributed by atoms with van der Waals surface area (Å²) in [4.78, 5) is 2.97. The van der Waals surface area contributed by atoms with Crippen LogP contribution in [0.2, 0.25) is 0 Å². The summed E-state index contributed by atoms with van der Waals surface area (Å²) in [6.45, 7) is 13.4. The molecule has 1 fully saturated rings. The summed E-state index contributed by atoms with van der Waals surface area (Å²) < 4.78 is 5.94. The lowest BCUT2D eigenvalue weighted by atomic mass is 9.90. The Balaban J connectivity index is 2.21. The van der Waals surface area contributed by atoms with Crippen molar-refractivity contribution in [2.45, 2.75) is 71.4 Å². The van der Waals surface area contributed by atoms with E-state index in [1.54, 1.807) is 0 Å². The van der Waals surface area contributed by atoms with Crippen molar-refractivity contribution >= 4 is 11.3 Å². The first kappa shape index (κ1) is 17.0. The standard InChI is InChI=1S/C18H31NOS/c1-6-11-19-17(13-10-12-20-14(13)7-2)15-8-9-16(21-15)18(3,4)5/h8-9,13-14,17,19H,6-7,10-12H2,1-5H3. The van der Waals surface area contributed by atoms with Crippen molar-refractivity contribution in [2.75, 3.05) is 13.2 Å². The van der Waals surface area contributed by atoms with E-state index in [2.05, 4.69) is 52.1 Å². The quantitative estimate of drug-likeness (QED) is 0.807. The molecule has 2 heterocycles. The molecule has 1 aliphatic rings. The van der Waals surface area contributed by atoms with Crippen LogP contribution in [0.15, 0.2) is 12.1 Å². The fraction of sp³-hybridized carbons (Fsp3) is 0.778. The second-order valence-corrected chi connectivity index (χ2v) is 8.27. The van der Waals surface area contributed by atoms with Crippen LogP contribution in [0.1, 0.15) is 69.7 Å². The molecule has 2 rings (SSSR count). The van der Waals surface area contributed by atoms with Crippen LogP contribution in [0.4, 0.5) is 0 Å². The van der Waals surface area contributed by atoms with Crippen molar-refractivity contribution < 1.29 is 4.74 Å². The van der Waals surface area contributed by atoms with E-state index in [9.17, 15) is 0 Å². The van der Waals surface area contributed by atoms with Gasteiger partial charge in [0, 0.05) is 28.3 Å². The Labute approximate surface area is 134 Å². The van der Waals surface area contributed by atoms with E-state index >= 15 is 0 Å². The zero-order chi connectivity index (χ0) is 15.5. The maximum absolute atomic E-state index is 5.94. The van der Waals surface area contributed by atoms with Crippen molar-refractivity contribution in [2.24, 2.45) is 5.92 Å². The third-order valence-corrected chi connectivity index (χ3v) is 5.97. The number of hydrogen-bond donors (Lipinski definition) is 1. The van der Waals surface area contributed by atoms with Gasteiger partial charge in [0.25, 0.3) is 0 Å². The molecular formula is C18H31NOS. The van der Waals surface area contributed by atoms with E-state index in [1.807, 2.05) is 11.3 Å². The molecule has 1 aliphatic heterocycles. The molecule has 1 aromatic heterocycles. The lowest BCUT2D eigenvalue weighted by molar-refractivity contribution is 0.0778. The van der Waals surface area contributed by atoms with Crippen molar-refractivity contribution in [1.82, 2.24) is 5.32 Å². The fourth-order valence-corrected chi connectivity index (χ4v) is 4.37. The monoisotopic (exact) mass is 309 g/mol. The highest BCUT2D eigenvalue weighted by Gasteiger charge is 2.35. The molecule has 0 aliphatic carbocycles. The summed E-state index contributed by atoms with van der Waals surface area (Å²) in [7, 11) is 0. The second-order valence-electron chi connectivity index (χ2n) is 7.15. The topological polar surface area (TPSA) is 21.3 Å². The van der Waals surface area contributed by atoms with Gasteiger partial charge in [0.1, 0.15) is 0 Å². The van der Waals surface area contributed by atoms with Crippen LogP contribution in [0.25, 0.3) is 0 Å². The van der Waals surface area contributed by atoms with Crippen LogP contribution >= 0.6 is 11.3 Å². The summed E-state index contributed by atoms with van der Waals surface area (Å²) in [6.07, 6.45) is 3.90. The van der Waals surface area contributed by atoms with Gasteiger partial charge >= 0.3 is 0 Å². The molecule has 3 unspecified atom stereocenters. The lowest BCUT2D eigenvalue weighted by Crippen LogP contribution is -2.32. The predicted molar refractivity (Wildman–Crippen MR) is 92.2 cm³/mol. The maximum Gasteiger partial charge on any atom is 0.0620 e. The fourth-order valence-electron chi connectivity index (χ4n) is 3.15. The van der Waals surface area contributed by atoms with Gasteiger partial charge in [-0.15, -0.1) is 11.3 Å². The van der Waals surface area contributed by atoms with Gasteiger partial charge < -0.3 is 10.1 Å². The summed E-state index contributed by atoms with van der Waals surface area (Å²) >= 11 is 1.98. The van der Waals surface area contributed by atoms with Gasteiger partial charge in [0.2, 0.25) is 0 Å². The van der Waals surface area contributed by atoms with Crippen LogP contribution in [-0.2, 0) is 10.2 Å². The number of ether oxygens (including phenoxy) is 1. The van der Waals surface area contributed by atoms with E-state index in [4.69, 9.17) is 4.74 Å². The smallest absolute Gasteiger partial charge is 0.0620 e. The molecule has 0 radical (unpaired) electrons. The lowest BCUT2D eigenvalue weighted by Gasteiger charge is -2.27. The van der Waals surface area contributed by atoms with Crippen LogP contribution in [0, 0.1) is 5.92 Å². The minimum absolute atomic E-state index is 0.245. The van der Waals surface area contributed by atoms with Gasteiger partial charge in [-0.3, -0.25) is 0 Å². The van der Waals surface area contributed by atoms with Crippen molar-refractivity contribution in [3.63, 3.8) is 0 Å². The van der Waals surface area contributed by atoms with Crippen LogP contribution in [-0.4, -0.2) is 19.3 Å². The molecule has 0 amide bonds. The van der Waals surface area contributed by atoms with Crippen LogP contribution < -0.4 is 5.32 Å². The normalized spacial score (nSPS) is 24.4. The number of rotatable bonds is 6. The molecule has 2 nitrogen and oxygen atoms in total. The van der Waals surface area contributed by atoms with Crippen molar-refractivity contribution in [1.29, 1.82) is 0 Å². The maximum atomic E-state index is 5.94. The van der Waals surface area contributed by atoms with Gasteiger partial charge in [-0.25, -0.2) is 0 Å². The summed E-state index contributed by atoms with van der Waals surface area (Å²) in [5.74, 6) is 0.619. The minimum atomic E-state index is 0.245. The van der Waals surface area contributed by atoms with Crippen LogP contribution in [0.3, 0.4) is 0 Å². The second kappa shape index (κ2) is 7.26. The average Bonchev–Trinajstić information content (AvgIpc) is 3.07. The Morgan fingerprint density at radius 2 is 2.10 bits per heavy atom. The molecule has 0 saturated carbocycles. The molecule has 0 bridgehead atoms. The van der Waals surface area contributed by atoms with Gasteiger partial charge in [-0.1, -0.05) is 34.6 Å². The minimum Gasteiger partial charge on any atom is -0.378 e. The largest absolute Gasteiger partial charge is 0.378 e. The molecule has 1 aromatic rings. The number of thiophene rings is 1. The Bertz CT molecular complexity index is 435. The van der Waals surface area contributed by atoms with E-state index < -0.39 is 0 Å². The van der Waals surface area contributed by atoms with E-state index in [1.165, 1.54) is 22.6 Å². The van der Waals surface area contributed by atoms with Gasteiger partial charge in [0.15, 0.2) is 0 Å². The summed E-state index contributed by atoms with van der Waals surface area (Å²) in [5.41, 5.74) is 0.245. The van der Waals surface area contributed by atoms with Crippen molar-refractivity contribution in [3.05, 3.63) is 21.9 Å². The van der Waals surface area contributed by atoms with Crippen LogP contribution in [0.5, 0.6) is 0 Å². The molecule has 3 heteroatoms. The van der Waals surface area contributed by atoms with E-state index in [0.29, 0.717) is 18.1 Å². The first-order valence-electron chi connectivity index (χ1n) is 8.42. The summed E-state index contributed by atoms with van der Waals surface area (Å²) in [6, 6.07) is 5.11. The van der Waals surface area contributed by atoms with E-state index in [-0.39, 0.29) is 5.41 Å². The Kier molecular flexibility index (Phi) is 5.87. The third kappa shape index (κ3) is 4.08. The summed E-state index contributed by atoms with van der Waals surface area (Å²) in [5, 5.41) is 3.79. The van der Waals surface area contributed by atoms with Gasteiger partial charge in [-0.05, 0) is 43.4 Å². The molecule has 0 aromatic carbocycles. The molecule has 1 saturated heterocycles. The molecular weight excluding hydrogens is 278 g/mol. The Morgan fingerprint density at radius 3 is 2.67 bits per heavy atom. The first-order valence-corrected chi connectivity index (χ1v) is 9.24. The van der Waals surface area contributed by atoms with Crippen molar-refractivity contribution in [3.8, 4) is 0 Å². The Morgan fingerprint density at radius 1 is 1.33 bits per heavy atom. The molecule has 0 spiro atoms. The predicted octanol–water partition coefficient (Wildman–Crippen LogP) is 4.90. The zero-order valence-corrected chi connectivity index (χ0v) is 15.1. The zero-order valence-electron chi connectivity index (χ0n) is 14.2. The molecule has 120 valence electrons. The van der Waals surface area contributed by atoms with Gasteiger partial charge in [0.05, 0.1) is 6.10 Å². The SMILES string of the molecule is CCCNC(c1ccc(C(C)(C)C)s1)C1CCOC1CC. The highest BCUT2D eigenvalue weighted by Crippen LogP contribution is 2.39. The molecule has 3 atom stereocenters. The van der Waals surface area contributed by atoms with Gasteiger partial charge in [-0.2, -0.15) is 0 Å². The highest BCUT2D eigenvalue weighted by molar-refractivity contribution is 7.12. The van der Waals surface area contributed by atoms with E-state index in [0.717, 1.165) is 19.6 Å². The first-order chi connectivity index (χ1) is 9.97. The third-order valence-electron chi connectivity index (χ3n) is 4.38.